The molecule has 0 radical (unpaired) electrons. The van der Waals surface area contributed by atoms with Gasteiger partial charge in [0.1, 0.15) is 5.75 Å². The van der Waals surface area contributed by atoms with Crippen LogP contribution in [0.2, 0.25) is 10.0 Å². The molecule has 11 heteroatoms. The molecule has 2 aromatic carbocycles. The first-order chi connectivity index (χ1) is 14.3. The molecule has 0 spiro atoms. The number of sulfonamides is 1. The summed E-state index contributed by atoms with van der Waals surface area (Å²) in [5.41, 5.74) is 1.15. The number of nitrogens with one attached hydrogen (secondary N) is 2. The number of nitrogens with zero attached hydrogens (tertiary/aromatic N) is 1. The van der Waals surface area contributed by atoms with Crippen LogP contribution in [0.5, 0.6) is 5.75 Å². The number of methoxy groups -OCH3 is 1. The molecular formula is C19H17Cl2N3O4S2. The third-order valence-electron chi connectivity index (χ3n) is 3.95. The van der Waals surface area contributed by atoms with Crippen molar-refractivity contribution in [2.45, 2.75) is 17.7 Å². The van der Waals surface area contributed by atoms with Crippen LogP contribution in [0.1, 0.15) is 12.1 Å². The number of benzene rings is 2. The van der Waals surface area contributed by atoms with Crippen molar-refractivity contribution in [3.63, 3.8) is 0 Å². The Hall–Kier alpha value is -2.33. The van der Waals surface area contributed by atoms with E-state index in [1.807, 2.05) is 0 Å². The Labute approximate surface area is 188 Å². The standard InChI is InChI=1S/C19H17Cl2N3O4S2/c1-28-14-4-6-15(7-5-14)30(26,27)24-19-23-13(11-29-19)3-9-18(25)22-12-2-8-16(20)17(21)10-12/h2,4-8,10-11H,3,9H2,1H3,(H,22,25)(H,23,24). The monoisotopic (exact) mass is 485 g/mol. The van der Waals surface area contributed by atoms with E-state index in [9.17, 15) is 13.2 Å². The number of ether oxygens (including phenoxy) is 1. The van der Waals surface area contributed by atoms with Gasteiger partial charge in [0.25, 0.3) is 10.0 Å². The first-order valence-corrected chi connectivity index (χ1v) is 11.7. The number of aryl methyl sites for hydroxylation is 1. The first-order valence-electron chi connectivity index (χ1n) is 8.63. The van der Waals surface area contributed by atoms with E-state index in [-0.39, 0.29) is 22.4 Å². The van der Waals surface area contributed by atoms with Gasteiger partial charge < -0.3 is 10.1 Å². The van der Waals surface area contributed by atoms with Gasteiger partial charge in [0.05, 0.1) is 27.7 Å². The van der Waals surface area contributed by atoms with Gasteiger partial charge in [-0.1, -0.05) is 23.2 Å². The maximum Gasteiger partial charge on any atom is 0.263 e. The first kappa shape index (κ1) is 22.4. The number of hydrogen-bond donors (Lipinski definition) is 2. The van der Waals surface area contributed by atoms with Crippen LogP contribution >= 0.6 is 34.5 Å². The molecule has 0 aliphatic carbocycles. The number of rotatable bonds is 8. The van der Waals surface area contributed by atoms with E-state index in [0.29, 0.717) is 33.6 Å². The summed E-state index contributed by atoms with van der Waals surface area (Å²) in [6.07, 6.45) is 0.530. The topological polar surface area (TPSA) is 97.4 Å². The molecule has 30 heavy (non-hydrogen) atoms. The lowest BCUT2D eigenvalue weighted by Gasteiger charge is -2.06. The average Bonchev–Trinajstić information content (AvgIpc) is 3.16. The summed E-state index contributed by atoms with van der Waals surface area (Å²) in [6.45, 7) is 0. The fourth-order valence-electron chi connectivity index (χ4n) is 2.44. The molecule has 3 rings (SSSR count). The number of thiazole rings is 1. The van der Waals surface area contributed by atoms with Crippen LogP contribution in [-0.4, -0.2) is 26.4 Å². The minimum atomic E-state index is -3.76. The van der Waals surface area contributed by atoms with E-state index in [4.69, 9.17) is 27.9 Å². The summed E-state index contributed by atoms with van der Waals surface area (Å²) < 4.78 is 32.4. The van der Waals surface area contributed by atoms with Crippen LogP contribution in [0, 0.1) is 0 Å². The molecule has 0 unspecified atom stereocenters. The number of anilines is 2. The molecule has 0 saturated carbocycles. The van der Waals surface area contributed by atoms with E-state index in [0.717, 1.165) is 11.3 Å². The highest BCUT2D eigenvalue weighted by Gasteiger charge is 2.16. The molecule has 0 saturated heterocycles. The van der Waals surface area contributed by atoms with Gasteiger partial charge in [-0.15, -0.1) is 11.3 Å². The summed E-state index contributed by atoms with van der Waals surface area (Å²) in [5, 5.41) is 5.42. The number of halogens is 2. The molecule has 0 fully saturated rings. The highest BCUT2D eigenvalue weighted by Crippen LogP contribution is 2.25. The number of carbonyl (C=O) groups is 1. The number of carbonyl (C=O) groups excluding carboxylic acids is 1. The third-order valence-corrected chi connectivity index (χ3v) is 6.98. The Morgan fingerprint density at radius 1 is 1.13 bits per heavy atom. The van der Waals surface area contributed by atoms with Crippen molar-refractivity contribution in [2.24, 2.45) is 0 Å². The molecule has 3 aromatic rings. The summed E-state index contributed by atoms with van der Waals surface area (Å²) in [7, 11) is -2.26. The molecule has 1 heterocycles. The van der Waals surface area contributed by atoms with E-state index >= 15 is 0 Å². The Bertz CT molecular complexity index is 1150. The van der Waals surface area contributed by atoms with Crippen molar-refractivity contribution in [3.05, 3.63) is 63.6 Å². The van der Waals surface area contributed by atoms with Gasteiger partial charge in [-0.05, 0) is 48.9 Å². The Morgan fingerprint density at radius 3 is 2.53 bits per heavy atom. The molecule has 158 valence electrons. The van der Waals surface area contributed by atoms with Gasteiger partial charge in [0, 0.05) is 17.5 Å². The van der Waals surface area contributed by atoms with E-state index in [1.54, 1.807) is 35.7 Å². The zero-order chi connectivity index (χ0) is 21.7. The second kappa shape index (κ2) is 9.65. The quantitative estimate of drug-likeness (QED) is 0.476. The normalized spacial score (nSPS) is 11.2. The van der Waals surface area contributed by atoms with Gasteiger partial charge in [-0.2, -0.15) is 0 Å². The molecule has 1 amide bonds. The van der Waals surface area contributed by atoms with Crippen molar-refractivity contribution in [1.82, 2.24) is 4.98 Å². The molecule has 0 bridgehead atoms. The van der Waals surface area contributed by atoms with Crippen LogP contribution in [0.3, 0.4) is 0 Å². The van der Waals surface area contributed by atoms with Gasteiger partial charge >= 0.3 is 0 Å². The van der Waals surface area contributed by atoms with Crippen LogP contribution in [0.4, 0.5) is 10.8 Å². The summed E-state index contributed by atoms with van der Waals surface area (Å²) in [5.74, 6) is 0.339. The molecule has 0 aliphatic heterocycles. The second-order valence-electron chi connectivity index (χ2n) is 6.10. The second-order valence-corrected chi connectivity index (χ2v) is 9.46. The van der Waals surface area contributed by atoms with Crippen LogP contribution < -0.4 is 14.8 Å². The maximum absolute atomic E-state index is 12.5. The Balaban J connectivity index is 1.56. The summed E-state index contributed by atoms with van der Waals surface area (Å²) >= 11 is 12.9. The minimum absolute atomic E-state index is 0.0982. The van der Waals surface area contributed by atoms with Crippen molar-refractivity contribution in [1.29, 1.82) is 0 Å². The molecular weight excluding hydrogens is 469 g/mol. The predicted octanol–water partition coefficient (Wildman–Crippen LogP) is 4.83. The zero-order valence-electron chi connectivity index (χ0n) is 15.7. The zero-order valence-corrected chi connectivity index (χ0v) is 18.8. The van der Waals surface area contributed by atoms with Gasteiger partial charge in [0.2, 0.25) is 5.91 Å². The van der Waals surface area contributed by atoms with Gasteiger partial charge in [-0.25, -0.2) is 13.4 Å². The van der Waals surface area contributed by atoms with Crippen molar-refractivity contribution < 1.29 is 17.9 Å². The molecule has 0 aliphatic rings. The SMILES string of the molecule is COc1ccc(S(=O)(=O)Nc2nc(CCC(=O)Nc3ccc(Cl)c(Cl)c3)cs2)cc1. The molecule has 2 N–H and O–H groups in total. The number of hydrogen-bond acceptors (Lipinski definition) is 6. The average molecular weight is 486 g/mol. The van der Waals surface area contributed by atoms with Gasteiger partial charge in [0.15, 0.2) is 5.13 Å². The number of aromatic nitrogens is 1. The van der Waals surface area contributed by atoms with E-state index in [2.05, 4.69) is 15.0 Å². The molecule has 0 atom stereocenters. The fourth-order valence-corrected chi connectivity index (χ4v) is 4.73. The third kappa shape index (κ3) is 5.85. The summed E-state index contributed by atoms with van der Waals surface area (Å²) in [6, 6.07) is 10.8. The Kier molecular flexibility index (Phi) is 7.19. The van der Waals surface area contributed by atoms with E-state index < -0.39 is 10.0 Å². The van der Waals surface area contributed by atoms with Crippen molar-refractivity contribution in [2.75, 3.05) is 17.1 Å². The van der Waals surface area contributed by atoms with Crippen LogP contribution in [0.25, 0.3) is 0 Å². The van der Waals surface area contributed by atoms with Gasteiger partial charge in [-0.3, -0.25) is 9.52 Å². The highest BCUT2D eigenvalue weighted by molar-refractivity contribution is 7.93. The Morgan fingerprint density at radius 2 is 1.87 bits per heavy atom. The highest BCUT2D eigenvalue weighted by atomic mass is 35.5. The lowest BCUT2D eigenvalue weighted by atomic mass is 10.2. The van der Waals surface area contributed by atoms with Crippen molar-refractivity contribution in [3.8, 4) is 5.75 Å². The largest absolute Gasteiger partial charge is 0.497 e. The number of amides is 1. The maximum atomic E-state index is 12.5. The smallest absolute Gasteiger partial charge is 0.263 e. The summed E-state index contributed by atoms with van der Waals surface area (Å²) in [4.78, 5) is 16.5. The lowest BCUT2D eigenvalue weighted by molar-refractivity contribution is -0.116. The van der Waals surface area contributed by atoms with Crippen LogP contribution in [-0.2, 0) is 21.2 Å². The van der Waals surface area contributed by atoms with E-state index in [1.165, 1.54) is 19.2 Å². The predicted molar refractivity (Wildman–Crippen MR) is 119 cm³/mol. The minimum Gasteiger partial charge on any atom is -0.497 e. The van der Waals surface area contributed by atoms with Crippen LogP contribution in [0.15, 0.2) is 52.7 Å². The molecule has 1 aromatic heterocycles. The molecule has 7 nitrogen and oxygen atoms in total. The van der Waals surface area contributed by atoms with Crippen molar-refractivity contribution >= 4 is 61.3 Å². The lowest BCUT2D eigenvalue weighted by Crippen LogP contribution is -2.13. The fraction of sp³-hybridized carbons (Fsp3) is 0.158.